The summed E-state index contributed by atoms with van der Waals surface area (Å²) >= 11 is 3.48. The van der Waals surface area contributed by atoms with Crippen molar-refractivity contribution in [1.82, 2.24) is 9.29 Å². The second kappa shape index (κ2) is 6.78. The van der Waals surface area contributed by atoms with Crippen LogP contribution < -0.4 is 5.32 Å². The van der Waals surface area contributed by atoms with E-state index < -0.39 is 10.0 Å². The Labute approximate surface area is 149 Å². The first kappa shape index (κ1) is 17.3. The van der Waals surface area contributed by atoms with Crippen molar-refractivity contribution in [2.75, 3.05) is 24.7 Å². The summed E-state index contributed by atoms with van der Waals surface area (Å²) in [5, 5.41) is 3.82. The Morgan fingerprint density at radius 3 is 2.92 bits per heavy atom. The van der Waals surface area contributed by atoms with E-state index in [2.05, 4.69) is 26.2 Å². The molecule has 0 bridgehead atoms. The van der Waals surface area contributed by atoms with Gasteiger partial charge in [-0.05, 0) is 31.0 Å². The average Bonchev–Trinajstić information content (AvgIpc) is 2.57. The lowest BCUT2D eigenvalue weighted by Crippen LogP contribution is -2.43. The van der Waals surface area contributed by atoms with E-state index in [1.54, 1.807) is 12.3 Å². The summed E-state index contributed by atoms with van der Waals surface area (Å²) in [5.74, 6) is -0.520. The highest BCUT2D eigenvalue weighted by molar-refractivity contribution is 9.10. The number of fused-ring (bicyclic) bond motifs is 1. The van der Waals surface area contributed by atoms with Crippen molar-refractivity contribution in [3.63, 3.8) is 0 Å². The van der Waals surface area contributed by atoms with E-state index in [-0.39, 0.29) is 18.4 Å². The van der Waals surface area contributed by atoms with E-state index >= 15 is 0 Å². The smallest absolute Gasteiger partial charge is 0.228 e. The van der Waals surface area contributed by atoms with Crippen molar-refractivity contribution in [3.05, 3.63) is 34.9 Å². The Morgan fingerprint density at radius 1 is 1.38 bits per heavy atom. The third-order valence-electron chi connectivity index (χ3n) is 4.20. The number of nitrogens with one attached hydrogen (secondary N) is 1. The molecule has 0 radical (unpaired) electrons. The number of anilines is 1. The van der Waals surface area contributed by atoms with Gasteiger partial charge < -0.3 is 5.32 Å². The van der Waals surface area contributed by atoms with Crippen molar-refractivity contribution in [3.8, 4) is 0 Å². The molecule has 1 saturated heterocycles. The minimum atomic E-state index is -3.27. The van der Waals surface area contributed by atoms with Gasteiger partial charge in [-0.25, -0.2) is 12.7 Å². The zero-order chi connectivity index (χ0) is 17.3. The third-order valence-corrected chi connectivity index (χ3v) is 6.16. The number of pyridine rings is 1. The zero-order valence-electron chi connectivity index (χ0n) is 13.2. The number of nitrogens with zero attached hydrogens (tertiary/aromatic N) is 2. The maximum atomic E-state index is 12.6. The van der Waals surface area contributed by atoms with Crippen LogP contribution in [0.2, 0.25) is 0 Å². The van der Waals surface area contributed by atoms with E-state index in [0.717, 1.165) is 9.86 Å². The number of hydrogen-bond acceptors (Lipinski definition) is 4. The van der Waals surface area contributed by atoms with Crippen LogP contribution in [0, 0.1) is 5.92 Å². The molecule has 1 amide bonds. The molecule has 1 atom stereocenters. The Hall–Kier alpha value is -1.51. The van der Waals surface area contributed by atoms with Gasteiger partial charge >= 0.3 is 0 Å². The van der Waals surface area contributed by atoms with Crippen molar-refractivity contribution in [1.29, 1.82) is 0 Å². The highest BCUT2D eigenvalue weighted by Crippen LogP contribution is 2.29. The van der Waals surface area contributed by atoms with Gasteiger partial charge in [0.15, 0.2) is 0 Å². The van der Waals surface area contributed by atoms with Crippen molar-refractivity contribution < 1.29 is 13.2 Å². The van der Waals surface area contributed by atoms with Crippen LogP contribution in [0.3, 0.4) is 0 Å². The monoisotopic (exact) mass is 411 g/mol. The molecule has 1 aliphatic rings. The van der Waals surface area contributed by atoms with Gasteiger partial charge in [-0.3, -0.25) is 9.78 Å². The van der Waals surface area contributed by atoms with Crippen LogP contribution in [-0.2, 0) is 14.8 Å². The number of benzene rings is 1. The largest absolute Gasteiger partial charge is 0.324 e. The first-order valence-corrected chi connectivity index (χ1v) is 10.3. The van der Waals surface area contributed by atoms with Crippen molar-refractivity contribution >= 4 is 48.5 Å². The van der Waals surface area contributed by atoms with Gasteiger partial charge in [0, 0.05) is 29.1 Å². The number of rotatable bonds is 3. The minimum absolute atomic E-state index is 0.169. The van der Waals surface area contributed by atoms with E-state index in [4.69, 9.17) is 0 Å². The first-order chi connectivity index (χ1) is 11.4. The molecule has 3 rings (SSSR count). The van der Waals surface area contributed by atoms with Gasteiger partial charge in [-0.2, -0.15) is 0 Å². The quantitative estimate of drug-likeness (QED) is 0.841. The Bertz CT molecular complexity index is 885. The van der Waals surface area contributed by atoms with E-state index in [1.807, 2.05) is 18.2 Å². The molecule has 24 heavy (non-hydrogen) atoms. The van der Waals surface area contributed by atoms with Crippen LogP contribution in [0.15, 0.2) is 34.9 Å². The fourth-order valence-corrected chi connectivity index (χ4v) is 4.29. The topological polar surface area (TPSA) is 79.4 Å². The second-order valence-electron chi connectivity index (χ2n) is 5.94. The molecule has 1 fully saturated rings. The molecule has 6 nitrogen and oxygen atoms in total. The fraction of sp³-hybridized carbons (Fsp3) is 0.375. The lowest BCUT2D eigenvalue weighted by atomic mass is 9.98. The summed E-state index contributed by atoms with van der Waals surface area (Å²) in [7, 11) is -3.27. The second-order valence-corrected chi connectivity index (χ2v) is 8.78. The summed E-state index contributed by atoms with van der Waals surface area (Å²) in [6.45, 7) is 0.706. The predicted molar refractivity (Wildman–Crippen MR) is 97.2 cm³/mol. The van der Waals surface area contributed by atoms with Crippen molar-refractivity contribution in [2.24, 2.45) is 5.92 Å². The van der Waals surface area contributed by atoms with Crippen LogP contribution >= 0.6 is 15.9 Å². The van der Waals surface area contributed by atoms with E-state index in [1.165, 1.54) is 10.6 Å². The number of amides is 1. The number of sulfonamides is 1. The SMILES string of the molecule is CS(=O)(=O)N1CCC[C@@H](C(=O)Nc2ccc(Br)c3cccnc23)C1. The Balaban J connectivity index is 1.82. The highest BCUT2D eigenvalue weighted by Gasteiger charge is 2.30. The van der Waals surface area contributed by atoms with Gasteiger partial charge in [0.25, 0.3) is 0 Å². The zero-order valence-corrected chi connectivity index (χ0v) is 15.6. The fourth-order valence-electron chi connectivity index (χ4n) is 2.93. The minimum Gasteiger partial charge on any atom is -0.324 e. The van der Waals surface area contributed by atoms with Gasteiger partial charge in [0.2, 0.25) is 15.9 Å². The molecule has 1 aromatic heterocycles. The molecule has 128 valence electrons. The van der Waals surface area contributed by atoms with Crippen LogP contribution in [0.4, 0.5) is 5.69 Å². The molecule has 1 N–H and O–H groups in total. The lowest BCUT2D eigenvalue weighted by Gasteiger charge is -2.30. The molecule has 0 aliphatic carbocycles. The standard InChI is InChI=1S/C16H18BrN3O3S/c1-24(22,23)20-9-3-4-11(10-20)16(21)19-14-7-6-13(17)12-5-2-8-18-15(12)14/h2,5-8,11H,3-4,9-10H2,1H3,(H,19,21)/t11-/m1/s1. The maximum Gasteiger partial charge on any atom is 0.228 e. The molecule has 0 unspecified atom stereocenters. The van der Waals surface area contributed by atoms with Crippen LogP contribution in [0.1, 0.15) is 12.8 Å². The number of carbonyl (C=O) groups excluding carboxylic acids is 1. The molecule has 1 aliphatic heterocycles. The predicted octanol–water partition coefficient (Wildman–Crippen LogP) is 2.61. The molecule has 2 heterocycles. The molecule has 1 aromatic carbocycles. The highest BCUT2D eigenvalue weighted by atomic mass is 79.9. The van der Waals surface area contributed by atoms with Crippen molar-refractivity contribution in [2.45, 2.75) is 12.8 Å². The number of piperidine rings is 1. The van der Waals surface area contributed by atoms with Crippen LogP contribution in [-0.4, -0.2) is 43.0 Å². The molecule has 8 heteroatoms. The van der Waals surface area contributed by atoms with E-state index in [0.29, 0.717) is 30.6 Å². The molecule has 0 saturated carbocycles. The third kappa shape index (κ3) is 3.60. The lowest BCUT2D eigenvalue weighted by molar-refractivity contribution is -0.120. The molecule has 2 aromatic rings. The summed E-state index contributed by atoms with van der Waals surface area (Å²) < 4.78 is 25.7. The normalized spacial score (nSPS) is 19.3. The molecular formula is C16H18BrN3O3S. The number of aromatic nitrogens is 1. The Kier molecular flexibility index (Phi) is 4.89. The summed E-state index contributed by atoms with van der Waals surface area (Å²) in [5.41, 5.74) is 1.34. The molecule has 0 spiro atoms. The number of hydrogen-bond donors (Lipinski definition) is 1. The van der Waals surface area contributed by atoms with E-state index in [9.17, 15) is 13.2 Å². The van der Waals surface area contributed by atoms with Gasteiger partial charge in [0.05, 0.1) is 23.4 Å². The van der Waals surface area contributed by atoms with Crippen LogP contribution in [0.5, 0.6) is 0 Å². The summed E-state index contributed by atoms with van der Waals surface area (Å²) in [4.78, 5) is 16.9. The average molecular weight is 412 g/mol. The van der Waals surface area contributed by atoms with Crippen LogP contribution in [0.25, 0.3) is 10.9 Å². The van der Waals surface area contributed by atoms with Gasteiger partial charge in [0.1, 0.15) is 0 Å². The van der Waals surface area contributed by atoms with Gasteiger partial charge in [-0.15, -0.1) is 0 Å². The Morgan fingerprint density at radius 2 is 2.17 bits per heavy atom. The summed E-state index contributed by atoms with van der Waals surface area (Å²) in [6.07, 6.45) is 4.22. The summed E-state index contributed by atoms with van der Waals surface area (Å²) in [6, 6.07) is 7.43. The first-order valence-electron chi connectivity index (χ1n) is 7.65. The molecular weight excluding hydrogens is 394 g/mol. The number of halogens is 1. The van der Waals surface area contributed by atoms with Gasteiger partial charge in [-0.1, -0.05) is 22.0 Å². The number of carbonyl (C=O) groups is 1. The maximum absolute atomic E-state index is 12.6.